The van der Waals surface area contributed by atoms with Crippen molar-refractivity contribution in [2.45, 2.75) is 52.4 Å². The number of ether oxygens (including phenoxy) is 1. The molecule has 10 heteroatoms. The first-order valence-electron chi connectivity index (χ1n) is 12.6. The van der Waals surface area contributed by atoms with Crippen LogP contribution in [0.2, 0.25) is 0 Å². The van der Waals surface area contributed by atoms with Gasteiger partial charge in [0.25, 0.3) is 5.91 Å². The number of carbonyl (C=O) groups is 3. The van der Waals surface area contributed by atoms with Crippen molar-refractivity contribution in [1.29, 1.82) is 0 Å². The van der Waals surface area contributed by atoms with Crippen LogP contribution < -0.4 is 9.64 Å². The fourth-order valence-corrected chi connectivity index (χ4v) is 4.61. The van der Waals surface area contributed by atoms with E-state index in [1.54, 1.807) is 36.4 Å². The van der Waals surface area contributed by atoms with Gasteiger partial charge in [-0.15, -0.1) is 18.3 Å². The van der Waals surface area contributed by atoms with Gasteiger partial charge in [0.05, 0.1) is 11.7 Å². The monoisotopic (exact) mass is 539 g/mol. The summed E-state index contributed by atoms with van der Waals surface area (Å²) in [6.07, 6.45) is -4.24. The molecule has 0 saturated carbocycles. The fraction of sp³-hybridized carbons (Fsp3) is 0.345. The Balaban J connectivity index is 1.76. The molecule has 2 heterocycles. The third-order valence-corrected chi connectivity index (χ3v) is 6.48. The molecule has 1 saturated heterocycles. The van der Waals surface area contributed by atoms with Gasteiger partial charge in [-0.05, 0) is 53.6 Å². The van der Waals surface area contributed by atoms with Crippen LogP contribution in [0.4, 0.5) is 19.0 Å². The third kappa shape index (κ3) is 6.16. The second kappa shape index (κ2) is 11.0. The van der Waals surface area contributed by atoms with E-state index in [-0.39, 0.29) is 22.9 Å². The molecule has 0 aliphatic carbocycles. The predicted molar refractivity (Wildman–Crippen MR) is 137 cm³/mol. The molecular weight excluding hydrogens is 511 g/mol. The van der Waals surface area contributed by atoms with E-state index >= 15 is 0 Å². The van der Waals surface area contributed by atoms with Crippen molar-refractivity contribution in [3.05, 3.63) is 83.0 Å². The summed E-state index contributed by atoms with van der Waals surface area (Å²) in [7, 11) is 0. The van der Waals surface area contributed by atoms with Crippen molar-refractivity contribution in [2.24, 2.45) is 11.8 Å². The molecule has 2 unspecified atom stereocenters. The Labute approximate surface area is 224 Å². The molecule has 1 aliphatic heterocycles. The van der Waals surface area contributed by atoms with Gasteiger partial charge in [-0.2, -0.15) is 5.10 Å². The largest absolute Gasteiger partial charge is 0.573 e. The lowest BCUT2D eigenvalue weighted by molar-refractivity contribution is -0.274. The maximum atomic E-state index is 13.7. The Hall–Kier alpha value is -4.08. The number of Topliss-reactive ketones (excluding diaryl/α,β-unsaturated/α-hetero) is 2. The highest BCUT2D eigenvalue weighted by molar-refractivity contribution is 6.48. The van der Waals surface area contributed by atoms with E-state index < -0.39 is 41.5 Å². The van der Waals surface area contributed by atoms with E-state index in [4.69, 9.17) is 0 Å². The Morgan fingerprint density at radius 3 is 2.08 bits per heavy atom. The molecule has 1 fully saturated rings. The zero-order chi connectivity index (χ0) is 28.5. The molecular formula is C29H28F3N3O4. The summed E-state index contributed by atoms with van der Waals surface area (Å²) >= 11 is 0. The van der Waals surface area contributed by atoms with E-state index in [9.17, 15) is 27.6 Å². The molecule has 1 amide bonds. The van der Waals surface area contributed by atoms with Crippen LogP contribution >= 0.6 is 0 Å². The van der Waals surface area contributed by atoms with Gasteiger partial charge < -0.3 is 4.74 Å². The van der Waals surface area contributed by atoms with Gasteiger partial charge in [-0.3, -0.25) is 19.3 Å². The lowest BCUT2D eigenvalue weighted by Crippen LogP contribution is -2.31. The van der Waals surface area contributed by atoms with E-state index in [0.29, 0.717) is 18.0 Å². The summed E-state index contributed by atoms with van der Waals surface area (Å²) < 4.78 is 42.0. The Morgan fingerprint density at radius 2 is 1.56 bits per heavy atom. The first-order chi connectivity index (χ1) is 18.4. The predicted octanol–water partition coefficient (Wildman–Crippen LogP) is 5.85. The minimum atomic E-state index is -4.89. The molecule has 4 rings (SSSR count). The van der Waals surface area contributed by atoms with Crippen molar-refractivity contribution >= 4 is 23.3 Å². The van der Waals surface area contributed by atoms with Crippen molar-refractivity contribution in [3.8, 4) is 5.75 Å². The maximum Gasteiger partial charge on any atom is 0.573 e. The van der Waals surface area contributed by atoms with Crippen molar-refractivity contribution in [1.82, 2.24) is 10.2 Å². The minimum Gasteiger partial charge on any atom is -0.406 e. The van der Waals surface area contributed by atoms with Crippen LogP contribution in [-0.4, -0.2) is 34.0 Å². The van der Waals surface area contributed by atoms with Crippen molar-refractivity contribution in [2.75, 3.05) is 4.90 Å². The Kier molecular flexibility index (Phi) is 7.85. The minimum absolute atomic E-state index is 0.0620. The molecule has 7 nitrogen and oxygen atoms in total. The third-order valence-electron chi connectivity index (χ3n) is 6.48. The van der Waals surface area contributed by atoms with Crippen LogP contribution in [0.25, 0.3) is 0 Å². The SMILES string of the molecule is CC(C)Cc1ccc(N2C(=O)C(=O)C(C(=O)c3ccc(C(C)C)cc3)C2c2ccc(OC(F)(F)F)cc2)nn1. The van der Waals surface area contributed by atoms with Gasteiger partial charge in [-0.25, -0.2) is 0 Å². The smallest absolute Gasteiger partial charge is 0.406 e. The van der Waals surface area contributed by atoms with Crippen LogP contribution in [0.3, 0.4) is 0 Å². The number of hydrogen-bond acceptors (Lipinski definition) is 6. The van der Waals surface area contributed by atoms with E-state index in [1.807, 2.05) is 27.7 Å². The molecule has 39 heavy (non-hydrogen) atoms. The number of nitrogens with zero attached hydrogens (tertiary/aromatic N) is 3. The lowest BCUT2D eigenvalue weighted by Gasteiger charge is -2.26. The average Bonchev–Trinajstić information content (AvgIpc) is 3.13. The van der Waals surface area contributed by atoms with Gasteiger partial charge >= 0.3 is 6.36 Å². The summed E-state index contributed by atoms with van der Waals surface area (Å²) in [5.41, 5.74) is 2.20. The molecule has 1 aromatic heterocycles. The van der Waals surface area contributed by atoms with Crippen molar-refractivity contribution in [3.63, 3.8) is 0 Å². The van der Waals surface area contributed by atoms with Crippen molar-refractivity contribution < 1.29 is 32.3 Å². The number of hydrogen-bond donors (Lipinski definition) is 0. The lowest BCUT2D eigenvalue weighted by atomic mass is 9.86. The number of amides is 1. The number of alkyl halides is 3. The number of ketones is 2. The molecule has 0 spiro atoms. The molecule has 2 aromatic carbocycles. The molecule has 3 aromatic rings. The van der Waals surface area contributed by atoms with Gasteiger partial charge in [0.2, 0.25) is 5.78 Å². The highest BCUT2D eigenvalue weighted by Gasteiger charge is 2.53. The standard InChI is InChI=1S/C29H28F3N3O4/c1-16(2)15-21-11-14-23(34-33-21)35-25(19-9-12-22(13-10-19)39-29(30,31)32)24(27(37)28(35)38)26(36)20-7-5-18(6-8-20)17(3)4/h5-14,16-17,24-25H,15H2,1-4H3. The van der Waals surface area contributed by atoms with E-state index in [2.05, 4.69) is 14.9 Å². The second-order valence-corrected chi connectivity index (χ2v) is 10.2. The number of rotatable bonds is 8. The van der Waals surface area contributed by atoms with E-state index in [1.165, 1.54) is 12.1 Å². The first-order valence-corrected chi connectivity index (χ1v) is 12.6. The van der Waals surface area contributed by atoms with Crippen LogP contribution in [0, 0.1) is 11.8 Å². The average molecular weight is 540 g/mol. The van der Waals surface area contributed by atoms with Gasteiger partial charge in [0, 0.05) is 5.56 Å². The van der Waals surface area contributed by atoms with Gasteiger partial charge in [-0.1, -0.05) is 64.1 Å². The van der Waals surface area contributed by atoms with Crippen LogP contribution in [-0.2, 0) is 16.0 Å². The zero-order valence-electron chi connectivity index (χ0n) is 21.9. The fourth-order valence-electron chi connectivity index (χ4n) is 4.61. The number of carbonyl (C=O) groups excluding carboxylic acids is 3. The van der Waals surface area contributed by atoms with Crippen LogP contribution in [0.15, 0.2) is 60.7 Å². The molecule has 0 radical (unpaired) electrons. The van der Waals surface area contributed by atoms with Gasteiger partial charge in [0.1, 0.15) is 11.7 Å². The maximum absolute atomic E-state index is 13.7. The highest BCUT2D eigenvalue weighted by atomic mass is 19.4. The summed E-state index contributed by atoms with van der Waals surface area (Å²) in [6, 6.07) is 13.6. The topological polar surface area (TPSA) is 89.5 Å². The Morgan fingerprint density at radius 1 is 0.923 bits per heavy atom. The first kappa shape index (κ1) is 27.9. The molecule has 1 aliphatic rings. The summed E-state index contributed by atoms with van der Waals surface area (Å²) in [5, 5.41) is 8.33. The normalized spacial score (nSPS) is 17.8. The van der Waals surface area contributed by atoms with Crippen LogP contribution in [0.5, 0.6) is 5.75 Å². The molecule has 2 atom stereocenters. The molecule has 204 valence electrons. The number of benzene rings is 2. The second-order valence-electron chi connectivity index (χ2n) is 10.2. The Bertz CT molecular complexity index is 1350. The highest BCUT2D eigenvalue weighted by Crippen LogP contribution is 2.41. The summed E-state index contributed by atoms with van der Waals surface area (Å²) in [6.45, 7) is 8.04. The molecule has 0 N–H and O–H groups in total. The zero-order valence-corrected chi connectivity index (χ0v) is 21.9. The molecule has 0 bridgehead atoms. The quantitative estimate of drug-likeness (QED) is 0.203. The van der Waals surface area contributed by atoms with Crippen LogP contribution in [0.1, 0.15) is 66.8 Å². The van der Waals surface area contributed by atoms with Gasteiger partial charge in [0.15, 0.2) is 11.6 Å². The number of anilines is 1. The number of aromatic nitrogens is 2. The van der Waals surface area contributed by atoms with E-state index in [0.717, 1.165) is 22.6 Å². The summed E-state index contributed by atoms with van der Waals surface area (Å²) in [4.78, 5) is 41.3. The summed E-state index contributed by atoms with van der Waals surface area (Å²) in [5.74, 6) is -3.76. The number of halogens is 3.